The number of nitrogens with zero attached hydrogens (tertiary/aromatic N) is 5. The Bertz CT molecular complexity index is 1120. The van der Waals surface area contributed by atoms with Gasteiger partial charge in [-0.15, -0.1) is 0 Å². The quantitative estimate of drug-likeness (QED) is 0.448. The van der Waals surface area contributed by atoms with E-state index in [4.69, 9.17) is 14.9 Å². The standard InChI is InChI=1S/C23H27N5O2/c1-14(2)11-28-20-10-18(22-15(3)26-30-16(22)4)5-6-19(20)23(25-28)21(29)9-17-7-8-27(12-17)13-24/h5-6,10,14,17H,7-9,11-12H2,1-4H3/t17-/m0/s1. The summed E-state index contributed by atoms with van der Waals surface area (Å²) in [7, 11) is 0. The van der Waals surface area contributed by atoms with Crippen molar-refractivity contribution in [2.75, 3.05) is 13.1 Å². The maximum atomic E-state index is 13.1. The molecule has 3 heterocycles. The average molecular weight is 406 g/mol. The van der Waals surface area contributed by atoms with Gasteiger partial charge in [-0.3, -0.25) is 9.48 Å². The van der Waals surface area contributed by atoms with Crippen LogP contribution in [0.15, 0.2) is 22.7 Å². The zero-order valence-electron chi connectivity index (χ0n) is 18.0. The number of carbonyl (C=O) groups is 1. The highest BCUT2D eigenvalue weighted by atomic mass is 16.5. The predicted octanol–water partition coefficient (Wildman–Crippen LogP) is 4.34. The number of benzene rings is 1. The zero-order chi connectivity index (χ0) is 21.4. The van der Waals surface area contributed by atoms with Crippen LogP contribution in [0.25, 0.3) is 22.0 Å². The number of aromatic nitrogens is 3. The van der Waals surface area contributed by atoms with E-state index < -0.39 is 0 Å². The molecule has 156 valence electrons. The van der Waals surface area contributed by atoms with Crippen molar-refractivity contribution in [3.63, 3.8) is 0 Å². The van der Waals surface area contributed by atoms with Gasteiger partial charge in [0, 0.05) is 37.0 Å². The van der Waals surface area contributed by atoms with Crippen molar-refractivity contribution < 1.29 is 9.32 Å². The molecule has 4 rings (SSSR count). The second kappa shape index (κ2) is 7.94. The lowest BCUT2D eigenvalue weighted by molar-refractivity contribution is 0.0958. The molecule has 1 aliphatic rings. The van der Waals surface area contributed by atoms with Crippen LogP contribution in [0.5, 0.6) is 0 Å². The summed E-state index contributed by atoms with van der Waals surface area (Å²) in [5.41, 5.74) is 4.34. The highest BCUT2D eigenvalue weighted by Crippen LogP contribution is 2.32. The second-order valence-electron chi connectivity index (χ2n) is 8.68. The number of fused-ring (bicyclic) bond motifs is 1. The maximum absolute atomic E-state index is 13.1. The van der Waals surface area contributed by atoms with Crippen LogP contribution in [0.2, 0.25) is 0 Å². The molecular formula is C23H27N5O2. The van der Waals surface area contributed by atoms with Gasteiger partial charge in [-0.25, -0.2) is 0 Å². The van der Waals surface area contributed by atoms with Crippen molar-refractivity contribution >= 4 is 16.7 Å². The molecule has 7 heteroatoms. The molecule has 1 aromatic carbocycles. The summed E-state index contributed by atoms with van der Waals surface area (Å²) in [6, 6.07) is 6.09. The van der Waals surface area contributed by atoms with Crippen LogP contribution < -0.4 is 0 Å². The number of likely N-dealkylation sites (tertiary alicyclic amines) is 1. The Balaban J connectivity index is 1.72. The zero-order valence-corrected chi connectivity index (χ0v) is 18.0. The van der Waals surface area contributed by atoms with Crippen molar-refractivity contribution in [1.29, 1.82) is 5.26 Å². The third-order valence-electron chi connectivity index (χ3n) is 5.78. The number of carbonyl (C=O) groups excluding carboxylic acids is 1. The minimum absolute atomic E-state index is 0.0531. The monoisotopic (exact) mass is 405 g/mol. The van der Waals surface area contributed by atoms with Crippen molar-refractivity contribution in [1.82, 2.24) is 19.8 Å². The molecule has 0 N–H and O–H groups in total. The smallest absolute Gasteiger partial charge is 0.184 e. The van der Waals surface area contributed by atoms with Crippen LogP contribution in [0, 0.1) is 37.1 Å². The van der Waals surface area contributed by atoms with Gasteiger partial charge in [0.25, 0.3) is 0 Å². The van der Waals surface area contributed by atoms with Gasteiger partial charge >= 0.3 is 0 Å². The lowest BCUT2D eigenvalue weighted by Gasteiger charge is -2.08. The van der Waals surface area contributed by atoms with Crippen LogP contribution in [0.4, 0.5) is 0 Å². The van der Waals surface area contributed by atoms with Crippen molar-refractivity contribution in [3.05, 3.63) is 35.3 Å². The molecule has 30 heavy (non-hydrogen) atoms. The van der Waals surface area contributed by atoms with Gasteiger partial charge in [0.1, 0.15) is 11.5 Å². The average Bonchev–Trinajstić information content (AvgIpc) is 3.39. The van der Waals surface area contributed by atoms with Gasteiger partial charge in [0.2, 0.25) is 0 Å². The molecule has 1 atom stereocenters. The van der Waals surface area contributed by atoms with E-state index in [1.54, 1.807) is 4.90 Å². The summed E-state index contributed by atoms with van der Waals surface area (Å²) in [4.78, 5) is 14.9. The van der Waals surface area contributed by atoms with Gasteiger partial charge in [-0.1, -0.05) is 25.1 Å². The molecular weight excluding hydrogens is 378 g/mol. The molecule has 0 spiro atoms. The van der Waals surface area contributed by atoms with E-state index in [2.05, 4.69) is 31.3 Å². The lowest BCUT2D eigenvalue weighted by Crippen LogP contribution is -2.16. The van der Waals surface area contributed by atoms with Crippen molar-refractivity contribution in [2.24, 2.45) is 11.8 Å². The Kier molecular flexibility index (Phi) is 5.33. The minimum Gasteiger partial charge on any atom is -0.361 e. The minimum atomic E-state index is 0.0531. The first-order valence-corrected chi connectivity index (χ1v) is 10.5. The highest BCUT2D eigenvalue weighted by Gasteiger charge is 2.27. The largest absolute Gasteiger partial charge is 0.361 e. The van der Waals surface area contributed by atoms with E-state index in [9.17, 15) is 4.79 Å². The molecule has 0 amide bonds. The van der Waals surface area contributed by atoms with E-state index in [0.29, 0.717) is 24.6 Å². The summed E-state index contributed by atoms with van der Waals surface area (Å²) in [5.74, 6) is 1.44. The van der Waals surface area contributed by atoms with E-state index >= 15 is 0 Å². The van der Waals surface area contributed by atoms with Crippen molar-refractivity contribution in [3.8, 4) is 17.3 Å². The number of nitriles is 1. The molecule has 7 nitrogen and oxygen atoms in total. The predicted molar refractivity (Wildman–Crippen MR) is 114 cm³/mol. The molecule has 0 unspecified atom stereocenters. The first-order valence-electron chi connectivity index (χ1n) is 10.5. The highest BCUT2D eigenvalue weighted by molar-refractivity contribution is 6.06. The first kappa shape index (κ1) is 20.1. The first-order chi connectivity index (χ1) is 14.4. The molecule has 0 aliphatic carbocycles. The molecule has 1 fully saturated rings. The molecule has 0 saturated carbocycles. The van der Waals surface area contributed by atoms with E-state index in [1.165, 1.54) is 0 Å². The SMILES string of the molecule is Cc1noc(C)c1-c1ccc2c(C(=O)C[C@@H]3CCN(C#N)C3)nn(CC(C)C)c2c1. The molecule has 3 aromatic rings. The summed E-state index contributed by atoms with van der Waals surface area (Å²) in [6.45, 7) is 10.3. The van der Waals surface area contributed by atoms with E-state index in [-0.39, 0.29) is 11.7 Å². The summed E-state index contributed by atoms with van der Waals surface area (Å²) in [6.07, 6.45) is 3.48. The normalized spacial score (nSPS) is 16.5. The third kappa shape index (κ3) is 3.70. The number of aryl methyl sites for hydroxylation is 2. The molecule has 1 aliphatic heterocycles. The van der Waals surface area contributed by atoms with Gasteiger partial charge < -0.3 is 9.42 Å². The number of Topliss-reactive ketones (excluding diaryl/α,β-unsaturated/α-hetero) is 1. The number of hydrogen-bond donors (Lipinski definition) is 0. The lowest BCUT2D eigenvalue weighted by atomic mass is 9.97. The third-order valence-corrected chi connectivity index (χ3v) is 5.78. The maximum Gasteiger partial charge on any atom is 0.184 e. The summed E-state index contributed by atoms with van der Waals surface area (Å²) < 4.78 is 7.29. The van der Waals surface area contributed by atoms with Crippen LogP contribution in [0.3, 0.4) is 0 Å². The Morgan fingerprint density at radius 3 is 2.80 bits per heavy atom. The van der Waals surface area contributed by atoms with Crippen LogP contribution in [-0.4, -0.2) is 38.7 Å². The Labute approximate surface area is 176 Å². The van der Waals surface area contributed by atoms with Crippen LogP contribution in [-0.2, 0) is 6.54 Å². The van der Waals surface area contributed by atoms with Crippen LogP contribution >= 0.6 is 0 Å². The van der Waals surface area contributed by atoms with Crippen molar-refractivity contribution in [2.45, 2.75) is 47.1 Å². The topological polar surface area (TPSA) is 87.9 Å². The summed E-state index contributed by atoms with van der Waals surface area (Å²) >= 11 is 0. The molecule has 1 saturated heterocycles. The van der Waals surface area contributed by atoms with Gasteiger partial charge in [-0.2, -0.15) is 10.4 Å². The molecule has 0 radical (unpaired) electrons. The number of hydrogen-bond acceptors (Lipinski definition) is 6. The summed E-state index contributed by atoms with van der Waals surface area (Å²) in [5, 5.41) is 18.7. The number of ketones is 1. The fourth-order valence-corrected chi connectivity index (χ4v) is 4.36. The Morgan fingerprint density at radius 2 is 2.17 bits per heavy atom. The molecule has 0 bridgehead atoms. The van der Waals surface area contributed by atoms with Crippen LogP contribution in [0.1, 0.15) is 48.6 Å². The van der Waals surface area contributed by atoms with E-state index in [0.717, 1.165) is 53.0 Å². The van der Waals surface area contributed by atoms with Gasteiger partial charge in [0.15, 0.2) is 12.0 Å². The second-order valence-corrected chi connectivity index (χ2v) is 8.68. The fourth-order valence-electron chi connectivity index (χ4n) is 4.36. The van der Waals surface area contributed by atoms with Gasteiger partial charge in [0.05, 0.1) is 11.2 Å². The number of rotatable bonds is 6. The Hall–Kier alpha value is -3.14. The van der Waals surface area contributed by atoms with E-state index in [1.807, 2.05) is 30.7 Å². The Morgan fingerprint density at radius 1 is 1.37 bits per heavy atom. The fraction of sp³-hybridized carbons (Fsp3) is 0.478. The van der Waals surface area contributed by atoms with Gasteiger partial charge in [-0.05, 0) is 49.8 Å². The molecule has 2 aromatic heterocycles.